The van der Waals surface area contributed by atoms with Crippen molar-refractivity contribution in [3.63, 3.8) is 0 Å². The second-order valence-corrected chi connectivity index (χ2v) is 4.62. The summed E-state index contributed by atoms with van der Waals surface area (Å²) in [5.74, 6) is -9.94. The minimum Gasteiger partial charge on any atom is -0.508 e. The fourth-order valence-corrected chi connectivity index (χ4v) is 1.82. The number of halogens is 4. The van der Waals surface area contributed by atoms with Crippen molar-refractivity contribution in [2.24, 2.45) is 0 Å². The molecule has 0 atom stereocenters. The van der Waals surface area contributed by atoms with Crippen LogP contribution in [0.5, 0.6) is 17.2 Å². The van der Waals surface area contributed by atoms with Gasteiger partial charge in [-0.25, -0.2) is 8.78 Å². The fraction of sp³-hybridized carbons (Fsp3) is 0.133. The highest BCUT2D eigenvalue weighted by molar-refractivity contribution is 5.99. The second kappa shape index (κ2) is 6.15. The topological polar surface area (TPSA) is 66.8 Å². The summed E-state index contributed by atoms with van der Waals surface area (Å²) in [6.45, 7) is -0.131. The first-order valence-corrected chi connectivity index (χ1v) is 6.24. The summed E-state index contributed by atoms with van der Waals surface area (Å²) in [4.78, 5) is 11.8. The average Bonchev–Trinajstić information content (AvgIpc) is 2.50. The summed E-state index contributed by atoms with van der Waals surface area (Å²) in [5, 5.41) is 18.6. The molecule has 2 N–H and O–H groups in total. The van der Waals surface area contributed by atoms with Gasteiger partial charge in [-0.1, -0.05) is 0 Å². The lowest BCUT2D eigenvalue weighted by Crippen LogP contribution is -2.15. The van der Waals surface area contributed by atoms with Crippen LogP contribution >= 0.6 is 0 Å². The van der Waals surface area contributed by atoms with Gasteiger partial charge in [0.25, 0.3) is 0 Å². The Balaban J connectivity index is 2.26. The lowest BCUT2D eigenvalue weighted by atomic mass is 10.1. The van der Waals surface area contributed by atoms with E-state index in [9.17, 15) is 27.5 Å². The third-order valence-electron chi connectivity index (χ3n) is 3.07. The molecular weight excluding hydrogens is 320 g/mol. The van der Waals surface area contributed by atoms with Crippen molar-refractivity contribution in [2.75, 3.05) is 6.61 Å². The molecule has 0 bridgehead atoms. The molecule has 0 saturated heterocycles. The molecule has 0 aliphatic carbocycles. The van der Waals surface area contributed by atoms with Gasteiger partial charge in [0, 0.05) is 11.6 Å². The predicted octanol–water partition coefficient (Wildman–Crippen LogP) is 3.22. The highest BCUT2D eigenvalue weighted by Gasteiger charge is 2.25. The Morgan fingerprint density at radius 3 is 2.13 bits per heavy atom. The number of rotatable bonds is 4. The average molecular weight is 330 g/mol. The molecular formula is C15H10F4O4. The zero-order valence-corrected chi connectivity index (χ0v) is 11.7. The summed E-state index contributed by atoms with van der Waals surface area (Å²) < 4.78 is 58.5. The van der Waals surface area contributed by atoms with E-state index < -0.39 is 52.7 Å². The number of benzene rings is 2. The van der Waals surface area contributed by atoms with Gasteiger partial charge in [-0.15, -0.1) is 0 Å². The van der Waals surface area contributed by atoms with Gasteiger partial charge in [0.05, 0.1) is 5.56 Å². The van der Waals surface area contributed by atoms with Crippen molar-refractivity contribution in [2.45, 2.75) is 6.92 Å². The van der Waals surface area contributed by atoms with Gasteiger partial charge in [-0.05, 0) is 19.1 Å². The maximum absolute atomic E-state index is 13.6. The molecule has 0 aliphatic heterocycles. The van der Waals surface area contributed by atoms with Gasteiger partial charge in [0.2, 0.25) is 17.4 Å². The largest absolute Gasteiger partial charge is 0.508 e. The standard InChI is InChI=1S/C15H10F4O4/c1-6-11(16)13(18)15(14(19)12(6)17)23-5-10(22)8-3-2-7(20)4-9(8)21/h2-4,20-21H,5H2,1H3. The van der Waals surface area contributed by atoms with Gasteiger partial charge in [-0.3, -0.25) is 4.79 Å². The van der Waals surface area contributed by atoms with Gasteiger partial charge < -0.3 is 14.9 Å². The number of ketones is 1. The molecule has 2 aromatic rings. The first kappa shape index (κ1) is 16.6. The van der Waals surface area contributed by atoms with E-state index in [0.717, 1.165) is 25.1 Å². The number of Topliss-reactive ketones (excluding diaryl/α,β-unsaturated/α-hetero) is 1. The number of ether oxygens (including phenoxy) is 1. The van der Waals surface area contributed by atoms with Crippen molar-refractivity contribution in [3.8, 4) is 17.2 Å². The van der Waals surface area contributed by atoms with Crippen molar-refractivity contribution in [3.05, 3.63) is 52.6 Å². The molecule has 0 fully saturated rings. The molecule has 0 spiro atoms. The number of phenols is 2. The Bertz CT molecular complexity index is 761. The molecule has 0 heterocycles. The summed E-state index contributed by atoms with van der Waals surface area (Å²) in [5.41, 5.74) is -1.15. The van der Waals surface area contributed by atoms with Crippen molar-refractivity contribution >= 4 is 5.78 Å². The Morgan fingerprint density at radius 2 is 1.61 bits per heavy atom. The van der Waals surface area contributed by atoms with Gasteiger partial charge >= 0.3 is 0 Å². The molecule has 0 radical (unpaired) electrons. The Kier molecular flexibility index (Phi) is 4.44. The SMILES string of the molecule is Cc1c(F)c(F)c(OCC(=O)c2ccc(O)cc2O)c(F)c1F. The van der Waals surface area contributed by atoms with E-state index in [1.54, 1.807) is 0 Å². The van der Waals surface area contributed by atoms with E-state index in [-0.39, 0.29) is 11.3 Å². The lowest BCUT2D eigenvalue weighted by Gasteiger charge is -2.11. The third kappa shape index (κ3) is 3.05. The lowest BCUT2D eigenvalue weighted by molar-refractivity contribution is 0.0911. The van der Waals surface area contributed by atoms with Crippen LogP contribution in [0, 0.1) is 30.2 Å². The molecule has 2 rings (SSSR count). The van der Waals surface area contributed by atoms with E-state index in [1.807, 2.05) is 0 Å². The molecule has 0 aromatic heterocycles. The van der Waals surface area contributed by atoms with Gasteiger partial charge in [-0.2, -0.15) is 8.78 Å². The summed E-state index contributed by atoms with van der Waals surface area (Å²) in [7, 11) is 0. The summed E-state index contributed by atoms with van der Waals surface area (Å²) in [6, 6.07) is 3.03. The van der Waals surface area contributed by atoms with E-state index in [1.165, 1.54) is 0 Å². The highest BCUT2D eigenvalue weighted by Crippen LogP contribution is 2.30. The molecule has 4 nitrogen and oxygen atoms in total. The number of carbonyl (C=O) groups excluding carboxylic acids is 1. The van der Waals surface area contributed by atoms with Crippen LogP contribution in [0.2, 0.25) is 0 Å². The number of phenolic OH excluding ortho intramolecular Hbond substituents is 2. The van der Waals surface area contributed by atoms with Crippen LogP contribution in [-0.4, -0.2) is 22.6 Å². The molecule has 0 unspecified atom stereocenters. The number of hydrogen-bond acceptors (Lipinski definition) is 4. The molecule has 8 heteroatoms. The first-order valence-electron chi connectivity index (χ1n) is 6.24. The molecule has 0 aliphatic rings. The van der Waals surface area contributed by atoms with Crippen molar-refractivity contribution in [1.29, 1.82) is 0 Å². The van der Waals surface area contributed by atoms with Crippen LogP contribution in [0.1, 0.15) is 15.9 Å². The number of hydrogen-bond donors (Lipinski definition) is 2. The number of carbonyl (C=O) groups is 1. The minimum atomic E-state index is -1.76. The summed E-state index contributed by atoms with van der Waals surface area (Å²) in [6.07, 6.45) is 0. The zero-order valence-electron chi connectivity index (χ0n) is 11.7. The first-order chi connectivity index (χ1) is 10.7. The molecule has 2 aromatic carbocycles. The van der Waals surface area contributed by atoms with E-state index in [4.69, 9.17) is 5.11 Å². The predicted molar refractivity (Wildman–Crippen MR) is 70.6 cm³/mol. The van der Waals surface area contributed by atoms with E-state index in [2.05, 4.69) is 4.74 Å². The van der Waals surface area contributed by atoms with E-state index >= 15 is 0 Å². The van der Waals surface area contributed by atoms with Gasteiger partial charge in [0.1, 0.15) is 11.5 Å². The fourth-order valence-electron chi connectivity index (χ4n) is 1.82. The van der Waals surface area contributed by atoms with Crippen molar-refractivity contribution < 1.29 is 37.3 Å². The summed E-state index contributed by atoms with van der Waals surface area (Å²) >= 11 is 0. The van der Waals surface area contributed by atoms with Crippen LogP contribution in [0.4, 0.5) is 17.6 Å². The van der Waals surface area contributed by atoms with E-state index in [0.29, 0.717) is 0 Å². The Morgan fingerprint density at radius 1 is 1.04 bits per heavy atom. The zero-order chi connectivity index (χ0) is 17.3. The maximum Gasteiger partial charge on any atom is 0.204 e. The third-order valence-corrected chi connectivity index (χ3v) is 3.07. The molecule has 23 heavy (non-hydrogen) atoms. The molecule has 122 valence electrons. The van der Waals surface area contributed by atoms with Crippen LogP contribution in [-0.2, 0) is 0 Å². The van der Waals surface area contributed by atoms with Crippen LogP contribution in [0.15, 0.2) is 18.2 Å². The van der Waals surface area contributed by atoms with Crippen molar-refractivity contribution in [1.82, 2.24) is 0 Å². The van der Waals surface area contributed by atoms with Gasteiger partial charge in [0.15, 0.2) is 24.0 Å². The monoisotopic (exact) mass is 330 g/mol. The quantitative estimate of drug-likeness (QED) is 0.513. The molecule has 0 amide bonds. The Hall–Kier alpha value is -2.77. The Labute approximate surface area is 127 Å². The maximum atomic E-state index is 13.6. The number of aromatic hydroxyl groups is 2. The highest BCUT2D eigenvalue weighted by atomic mass is 19.2. The van der Waals surface area contributed by atoms with Crippen LogP contribution in [0.25, 0.3) is 0 Å². The molecule has 0 saturated carbocycles. The smallest absolute Gasteiger partial charge is 0.204 e. The van der Waals surface area contributed by atoms with Crippen LogP contribution < -0.4 is 4.74 Å². The normalized spacial score (nSPS) is 10.7. The van der Waals surface area contributed by atoms with Crippen LogP contribution in [0.3, 0.4) is 0 Å². The second-order valence-electron chi connectivity index (χ2n) is 4.62. The minimum absolute atomic E-state index is 0.295.